The molecular weight excluding hydrogens is 290 g/mol. The highest BCUT2D eigenvalue weighted by atomic mass is 16.3. The molecule has 1 unspecified atom stereocenters. The zero-order chi connectivity index (χ0) is 16.4. The minimum absolute atomic E-state index is 0.0740. The molecule has 1 N–H and O–H groups in total. The van der Waals surface area contributed by atoms with Crippen molar-refractivity contribution >= 4 is 16.9 Å². The van der Waals surface area contributed by atoms with E-state index in [0.29, 0.717) is 17.4 Å². The second kappa shape index (κ2) is 6.75. The van der Waals surface area contributed by atoms with E-state index >= 15 is 0 Å². The second-order valence-electron chi connectivity index (χ2n) is 7.00. The van der Waals surface area contributed by atoms with Gasteiger partial charge in [-0.05, 0) is 55.4 Å². The predicted octanol–water partition coefficient (Wildman–Crippen LogP) is 3.69. The third-order valence-corrected chi connectivity index (χ3v) is 4.78. The number of likely N-dealkylation sites (tertiary alicyclic amines) is 1. The van der Waals surface area contributed by atoms with Gasteiger partial charge in [-0.3, -0.25) is 4.79 Å². The molecule has 1 saturated heterocycles. The molecule has 1 atom stereocenters. The molecule has 1 aliphatic rings. The van der Waals surface area contributed by atoms with Crippen LogP contribution >= 0.6 is 0 Å². The average Bonchev–Trinajstić information content (AvgIpc) is 3.01. The van der Waals surface area contributed by atoms with Gasteiger partial charge in [-0.2, -0.15) is 0 Å². The molecule has 4 heteroatoms. The van der Waals surface area contributed by atoms with Crippen LogP contribution in [0.5, 0.6) is 0 Å². The molecule has 0 saturated carbocycles. The van der Waals surface area contributed by atoms with Crippen LogP contribution in [0.25, 0.3) is 11.0 Å². The van der Waals surface area contributed by atoms with Gasteiger partial charge in [-0.1, -0.05) is 13.8 Å². The number of fused-ring (bicyclic) bond motifs is 1. The highest BCUT2D eigenvalue weighted by Crippen LogP contribution is 2.26. The van der Waals surface area contributed by atoms with Crippen molar-refractivity contribution in [2.24, 2.45) is 11.8 Å². The van der Waals surface area contributed by atoms with E-state index in [2.05, 4.69) is 13.8 Å². The number of nitrogens with zero attached hydrogens (tertiary/aromatic N) is 1. The van der Waals surface area contributed by atoms with E-state index in [1.165, 1.54) is 0 Å². The molecule has 1 aliphatic heterocycles. The monoisotopic (exact) mass is 315 g/mol. The van der Waals surface area contributed by atoms with E-state index in [4.69, 9.17) is 4.42 Å². The molecule has 4 nitrogen and oxygen atoms in total. The Labute approximate surface area is 137 Å². The maximum Gasteiger partial charge on any atom is 0.253 e. The highest BCUT2D eigenvalue weighted by Gasteiger charge is 2.28. The van der Waals surface area contributed by atoms with Crippen molar-refractivity contribution in [1.82, 2.24) is 4.90 Å². The number of hydrogen-bond donors (Lipinski definition) is 1. The first-order valence-corrected chi connectivity index (χ1v) is 8.49. The molecule has 2 aromatic rings. The maximum absolute atomic E-state index is 12.7. The van der Waals surface area contributed by atoms with Gasteiger partial charge in [0.05, 0.1) is 12.4 Å². The lowest BCUT2D eigenvalue weighted by Gasteiger charge is -2.34. The summed E-state index contributed by atoms with van der Waals surface area (Å²) in [5.74, 6) is 0.897. The Balaban J connectivity index is 1.61. The number of piperidine rings is 1. The molecule has 0 spiro atoms. The standard InChI is InChI=1S/C19H25NO3/c1-13(2)11-17(21)14-5-8-20(9-6-14)19(22)16-3-4-18-15(12-16)7-10-23-18/h3-4,7,10,12-14,17,21H,5-6,8-9,11H2,1-2H3. The topological polar surface area (TPSA) is 53.7 Å². The smallest absolute Gasteiger partial charge is 0.253 e. The van der Waals surface area contributed by atoms with Gasteiger partial charge < -0.3 is 14.4 Å². The number of aliphatic hydroxyl groups excluding tert-OH is 1. The average molecular weight is 315 g/mol. The summed E-state index contributed by atoms with van der Waals surface area (Å²) in [6, 6.07) is 7.44. The van der Waals surface area contributed by atoms with E-state index in [1.54, 1.807) is 6.26 Å². The Kier molecular flexibility index (Phi) is 4.71. The third kappa shape index (κ3) is 3.58. The Bertz CT molecular complexity index is 668. The van der Waals surface area contributed by atoms with Gasteiger partial charge in [0, 0.05) is 24.0 Å². The van der Waals surface area contributed by atoms with Crippen molar-refractivity contribution in [3.05, 3.63) is 36.1 Å². The minimum Gasteiger partial charge on any atom is -0.464 e. The number of carbonyl (C=O) groups excluding carboxylic acids is 1. The van der Waals surface area contributed by atoms with Crippen LogP contribution in [0.15, 0.2) is 34.9 Å². The number of carbonyl (C=O) groups is 1. The molecule has 23 heavy (non-hydrogen) atoms. The number of aliphatic hydroxyl groups is 1. The van der Waals surface area contributed by atoms with Crippen LogP contribution in [-0.4, -0.2) is 35.1 Å². The van der Waals surface area contributed by atoms with Gasteiger partial charge in [0.15, 0.2) is 0 Å². The van der Waals surface area contributed by atoms with E-state index in [9.17, 15) is 9.90 Å². The Morgan fingerprint density at radius 3 is 2.74 bits per heavy atom. The molecule has 1 fully saturated rings. The van der Waals surface area contributed by atoms with Crippen LogP contribution in [0.4, 0.5) is 0 Å². The van der Waals surface area contributed by atoms with Crippen molar-refractivity contribution in [2.45, 2.75) is 39.2 Å². The molecule has 0 radical (unpaired) electrons. The first kappa shape index (κ1) is 16.1. The summed E-state index contributed by atoms with van der Waals surface area (Å²) in [6.45, 7) is 5.71. The lowest BCUT2D eigenvalue weighted by atomic mass is 9.87. The highest BCUT2D eigenvalue weighted by molar-refractivity contribution is 5.97. The minimum atomic E-state index is -0.241. The summed E-state index contributed by atoms with van der Waals surface area (Å²) in [5.41, 5.74) is 1.51. The summed E-state index contributed by atoms with van der Waals surface area (Å²) < 4.78 is 5.32. The predicted molar refractivity (Wildman–Crippen MR) is 90.3 cm³/mol. The molecule has 0 bridgehead atoms. The Morgan fingerprint density at radius 1 is 1.30 bits per heavy atom. The summed E-state index contributed by atoms with van der Waals surface area (Å²) in [5, 5.41) is 11.2. The van der Waals surface area contributed by atoms with Gasteiger partial charge in [0.2, 0.25) is 0 Å². The normalized spacial score (nSPS) is 17.8. The fourth-order valence-electron chi connectivity index (χ4n) is 3.45. The fourth-order valence-corrected chi connectivity index (χ4v) is 3.45. The fraction of sp³-hybridized carbons (Fsp3) is 0.526. The SMILES string of the molecule is CC(C)CC(O)C1CCN(C(=O)c2ccc3occc3c2)CC1. The lowest BCUT2D eigenvalue weighted by Crippen LogP contribution is -2.41. The Morgan fingerprint density at radius 2 is 2.04 bits per heavy atom. The van der Waals surface area contributed by atoms with Crippen molar-refractivity contribution in [2.75, 3.05) is 13.1 Å². The van der Waals surface area contributed by atoms with E-state index in [0.717, 1.165) is 43.3 Å². The van der Waals surface area contributed by atoms with Crippen molar-refractivity contribution < 1.29 is 14.3 Å². The largest absolute Gasteiger partial charge is 0.464 e. The first-order chi connectivity index (χ1) is 11.0. The molecule has 2 heterocycles. The van der Waals surface area contributed by atoms with Gasteiger partial charge in [-0.25, -0.2) is 0 Å². The van der Waals surface area contributed by atoms with E-state index in [1.807, 2.05) is 29.2 Å². The summed E-state index contributed by atoms with van der Waals surface area (Å²) in [4.78, 5) is 14.6. The van der Waals surface area contributed by atoms with Gasteiger partial charge in [0.25, 0.3) is 5.91 Å². The molecule has 1 aromatic carbocycles. The Hall–Kier alpha value is -1.81. The molecule has 1 amide bonds. The molecule has 124 valence electrons. The van der Waals surface area contributed by atoms with Crippen LogP contribution in [-0.2, 0) is 0 Å². The van der Waals surface area contributed by atoms with Crippen molar-refractivity contribution in [3.63, 3.8) is 0 Å². The molecular formula is C19H25NO3. The van der Waals surface area contributed by atoms with Crippen molar-refractivity contribution in [1.29, 1.82) is 0 Å². The molecule has 3 rings (SSSR count). The van der Waals surface area contributed by atoms with Crippen molar-refractivity contribution in [3.8, 4) is 0 Å². The second-order valence-corrected chi connectivity index (χ2v) is 7.00. The lowest BCUT2D eigenvalue weighted by molar-refractivity contribution is 0.0385. The van der Waals surface area contributed by atoms with Crippen LogP contribution in [0.3, 0.4) is 0 Å². The van der Waals surface area contributed by atoms with Gasteiger partial charge in [0.1, 0.15) is 5.58 Å². The summed E-state index contributed by atoms with van der Waals surface area (Å²) in [7, 11) is 0. The quantitative estimate of drug-likeness (QED) is 0.936. The maximum atomic E-state index is 12.7. The number of amides is 1. The van der Waals surface area contributed by atoms with Gasteiger partial charge >= 0.3 is 0 Å². The number of furan rings is 1. The van der Waals surface area contributed by atoms with Crippen LogP contribution in [0.1, 0.15) is 43.5 Å². The third-order valence-electron chi connectivity index (χ3n) is 4.78. The number of benzene rings is 1. The van der Waals surface area contributed by atoms with Crippen LogP contribution in [0, 0.1) is 11.8 Å². The number of rotatable bonds is 4. The molecule has 1 aromatic heterocycles. The zero-order valence-corrected chi connectivity index (χ0v) is 13.9. The first-order valence-electron chi connectivity index (χ1n) is 8.49. The number of hydrogen-bond acceptors (Lipinski definition) is 3. The summed E-state index contributed by atoms with van der Waals surface area (Å²) >= 11 is 0. The van der Waals surface area contributed by atoms with E-state index in [-0.39, 0.29) is 12.0 Å². The summed E-state index contributed by atoms with van der Waals surface area (Å²) in [6.07, 6.45) is 4.01. The van der Waals surface area contributed by atoms with Gasteiger partial charge in [-0.15, -0.1) is 0 Å². The van der Waals surface area contributed by atoms with E-state index < -0.39 is 0 Å². The van der Waals surface area contributed by atoms with Crippen LogP contribution in [0.2, 0.25) is 0 Å². The molecule has 0 aliphatic carbocycles. The zero-order valence-electron chi connectivity index (χ0n) is 13.9. The van der Waals surface area contributed by atoms with Crippen LogP contribution < -0.4 is 0 Å².